The van der Waals surface area contributed by atoms with Crippen LogP contribution in [0.1, 0.15) is 21.3 Å². The fourth-order valence-corrected chi connectivity index (χ4v) is 3.97. The molecule has 4 rings (SSSR count). The SMILES string of the molecule is NC(=O)Cn1cc(C(=O)C2=CSC(c3cccnc3)N2)c2ccccc21. The fraction of sp³-hybridized carbons (Fsp3) is 0.105. The van der Waals surface area contributed by atoms with Crippen LogP contribution in [0, 0.1) is 0 Å². The second-order valence-electron chi connectivity index (χ2n) is 5.96. The zero-order chi connectivity index (χ0) is 18.1. The summed E-state index contributed by atoms with van der Waals surface area (Å²) in [6, 6.07) is 11.3. The third kappa shape index (κ3) is 2.97. The number of hydrogen-bond acceptors (Lipinski definition) is 5. The predicted octanol–water partition coefficient (Wildman–Crippen LogP) is 2.58. The Morgan fingerprint density at radius 1 is 1.23 bits per heavy atom. The first-order chi connectivity index (χ1) is 12.6. The Balaban J connectivity index is 1.64. The summed E-state index contributed by atoms with van der Waals surface area (Å²) < 4.78 is 1.71. The number of nitrogens with zero attached hydrogens (tertiary/aromatic N) is 2. The molecule has 1 aliphatic rings. The molecule has 26 heavy (non-hydrogen) atoms. The molecule has 1 atom stereocenters. The number of allylic oxidation sites excluding steroid dienone is 1. The fourth-order valence-electron chi connectivity index (χ4n) is 3.03. The molecule has 130 valence electrons. The van der Waals surface area contributed by atoms with Crippen molar-refractivity contribution in [3.63, 3.8) is 0 Å². The summed E-state index contributed by atoms with van der Waals surface area (Å²) in [6.07, 6.45) is 5.20. The van der Waals surface area contributed by atoms with Crippen LogP contribution in [-0.2, 0) is 11.3 Å². The lowest BCUT2D eigenvalue weighted by atomic mass is 10.1. The van der Waals surface area contributed by atoms with E-state index in [9.17, 15) is 9.59 Å². The minimum Gasteiger partial charge on any atom is -0.368 e. The summed E-state index contributed by atoms with van der Waals surface area (Å²) in [4.78, 5) is 28.5. The number of amides is 1. The minimum atomic E-state index is -0.449. The van der Waals surface area contributed by atoms with Crippen molar-refractivity contribution >= 4 is 34.4 Å². The van der Waals surface area contributed by atoms with Gasteiger partial charge in [0.05, 0.1) is 5.70 Å². The molecule has 0 aliphatic carbocycles. The lowest BCUT2D eigenvalue weighted by Gasteiger charge is -2.12. The number of nitrogens with two attached hydrogens (primary N) is 1. The number of thioether (sulfide) groups is 1. The number of aromatic nitrogens is 2. The normalized spacial score (nSPS) is 16.3. The highest BCUT2D eigenvalue weighted by Gasteiger charge is 2.26. The molecule has 3 heterocycles. The molecule has 0 saturated heterocycles. The van der Waals surface area contributed by atoms with Crippen LogP contribution in [0.4, 0.5) is 0 Å². The lowest BCUT2D eigenvalue weighted by molar-refractivity contribution is -0.118. The molecule has 1 amide bonds. The lowest BCUT2D eigenvalue weighted by Crippen LogP contribution is -2.20. The Labute approximate surface area is 154 Å². The minimum absolute atomic E-state index is 0.0350. The van der Waals surface area contributed by atoms with Gasteiger partial charge in [-0.3, -0.25) is 14.6 Å². The van der Waals surface area contributed by atoms with Gasteiger partial charge in [-0.2, -0.15) is 0 Å². The Hall–Kier alpha value is -3.06. The molecule has 0 radical (unpaired) electrons. The summed E-state index contributed by atoms with van der Waals surface area (Å²) in [6.45, 7) is 0.0350. The number of pyridine rings is 1. The molecular weight excluding hydrogens is 348 g/mol. The van der Waals surface area contributed by atoms with E-state index >= 15 is 0 Å². The van der Waals surface area contributed by atoms with Gasteiger partial charge in [-0.05, 0) is 12.1 Å². The number of primary amides is 1. The molecule has 6 nitrogen and oxygen atoms in total. The number of benzene rings is 1. The van der Waals surface area contributed by atoms with E-state index in [1.807, 2.05) is 41.8 Å². The van der Waals surface area contributed by atoms with E-state index in [1.54, 1.807) is 23.2 Å². The van der Waals surface area contributed by atoms with Crippen LogP contribution in [-0.4, -0.2) is 21.2 Å². The van der Waals surface area contributed by atoms with Crippen molar-refractivity contribution in [2.24, 2.45) is 5.73 Å². The van der Waals surface area contributed by atoms with Crippen LogP contribution in [0.3, 0.4) is 0 Å². The van der Waals surface area contributed by atoms with Crippen LogP contribution < -0.4 is 11.1 Å². The molecule has 0 bridgehead atoms. The Bertz CT molecular complexity index is 1030. The Morgan fingerprint density at radius 2 is 2.08 bits per heavy atom. The average Bonchev–Trinajstić information content (AvgIpc) is 3.28. The highest BCUT2D eigenvalue weighted by molar-refractivity contribution is 8.02. The first-order valence-electron chi connectivity index (χ1n) is 8.06. The van der Waals surface area contributed by atoms with Crippen molar-refractivity contribution in [3.8, 4) is 0 Å². The number of hydrogen-bond donors (Lipinski definition) is 2. The molecule has 1 unspecified atom stereocenters. The van der Waals surface area contributed by atoms with Crippen molar-refractivity contribution in [1.29, 1.82) is 0 Å². The maximum atomic E-state index is 13.0. The van der Waals surface area contributed by atoms with E-state index in [4.69, 9.17) is 5.73 Å². The number of nitrogens with one attached hydrogen (secondary N) is 1. The molecule has 3 N–H and O–H groups in total. The first kappa shape index (κ1) is 16.4. The molecule has 1 aliphatic heterocycles. The number of rotatable bonds is 5. The number of fused-ring (bicyclic) bond motifs is 1. The topological polar surface area (TPSA) is 90.0 Å². The zero-order valence-electron chi connectivity index (χ0n) is 13.8. The van der Waals surface area contributed by atoms with Crippen molar-refractivity contribution < 1.29 is 9.59 Å². The number of ketones is 1. The van der Waals surface area contributed by atoms with E-state index in [1.165, 1.54) is 11.8 Å². The van der Waals surface area contributed by atoms with Gasteiger partial charge < -0.3 is 15.6 Å². The summed E-state index contributed by atoms with van der Waals surface area (Å²) >= 11 is 1.53. The van der Waals surface area contributed by atoms with Crippen LogP contribution in [0.5, 0.6) is 0 Å². The van der Waals surface area contributed by atoms with Crippen LogP contribution in [0.25, 0.3) is 10.9 Å². The van der Waals surface area contributed by atoms with E-state index in [0.29, 0.717) is 11.3 Å². The zero-order valence-corrected chi connectivity index (χ0v) is 14.6. The van der Waals surface area contributed by atoms with Gasteiger partial charge >= 0.3 is 0 Å². The second kappa shape index (κ2) is 6.68. The number of carbonyl (C=O) groups excluding carboxylic acids is 2. The number of Topliss-reactive ketones (excluding diaryl/α,β-unsaturated/α-hetero) is 1. The van der Waals surface area contributed by atoms with E-state index in [-0.39, 0.29) is 17.7 Å². The molecular formula is C19H16N4O2S. The van der Waals surface area contributed by atoms with Crippen LogP contribution in [0.2, 0.25) is 0 Å². The monoisotopic (exact) mass is 364 g/mol. The van der Waals surface area contributed by atoms with Crippen molar-refractivity contribution in [2.45, 2.75) is 11.9 Å². The molecule has 1 aromatic carbocycles. The van der Waals surface area contributed by atoms with Gasteiger partial charge in [0.1, 0.15) is 11.9 Å². The van der Waals surface area contributed by atoms with Gasteiger partial charge in [0, 0.05) is 46.0 Å². The summed E-state index contributed by atoms with van der Waals surface area (Å²) in [7, 11) is 0. The number of carbonyl (C=O) groups is 2. The van der Waals surface area contributed by atoms with Gasteiger partial charge in [0.15, 0.2) is 0 Å². The Morgan fingerprint density at radius 3 is 2.85 bits per heavy atom. The quantitative estimate of drug-likeness (QED) is 0.679. The van der Waals surface area contributed by atoms with Gasteiger partial charge in [0.25, 0.3) is 0 Å². The average molecular weight is 364 g/mol. The first-order valence-corrected chi connectivity index (χ1v) is 9.01. The third-order valence-corrected chi connectivity index (χ3v) is 5.23. The summed E-state index contributed by atoms with van der Waals surface area (Å²) in [5.74, 6) is -0.557. The highest BCUT2D eigenvalue weighted by Crippen LogP contribution is 2.35. The van der Waals surface area contributed by atoms with Crippen LogP contribution in [0.15, 0.2) is 66.1 Å². The molecule has 0 saturated carbocycles. The maximum absolute atomic E-state index is 13.0. The molecule has 2 aromatic heterocycles. The largest absolute Gasteiger partial charge is 0.368 e. The van der Waals surface area contributed by atoms with Gasteiger partial charge in [-0.15, -0.1) is 11.8 Å². The predicted molar refractivity (Wildman–Crippen MR) is 101 cm³/mol. The molecule has 0 spiro atoms. The molecule has 7 heteroatoms. The summed E-state index contributed by atoms with van der Waals surface area (Å²) in [5.41, 5.74) is 8.23. The van der Waals surface area contributed by atoms with Crippen molar-refractivity contribution in [1.82, 2.24) is 14.9 Å². The molecule has 0 fully saturated rings. The third-order valence-electron chi connectivity index (χ3n) is 4.20. The van der Waals surface area contributed by atoms with Crippen LogP contribution >= 0.6 is 11.8 Å². The standard InChI is InChI=1S/C19H16N4O2S/c20-17(24)10-23-9-14(13-5-1-2-6-16(13)23)18(25)15-11-26-19(22-15)12-4-3-7-21-8-12/h1-9,11,19,22H,10H2,(H2,20,24). The van der Waals surface area contributed by atoms with Crippen molar-refractivity contribution in [2.75, 3.05) is 0 Å². The second-order valence-corrected chi connectivity index (χ2v) is 6.94. The van der Waals surface area contributed by atoms with E-state index < -0.39 is 5.91 Å². The number of para-hydroxylation sites is 1. The maximum Gasteiger partial charge on any atom is 0.237 e. The van der Waals surface area contributed by atoms with E-state index in [2.05, 4.69) is 10.3 Å². The smallest absolute Gasteiger partial charge is 0.237 e. The van der Waals surface area contributed by atoms with Gasteiger partial charge in [-0.1, -0.05) is 24.3 Å². The highest BCUT2D eigenvalue weighted by atomic mass is 32.2. The van der Waals surface area contributed by atoms with Crippen molar-refractivity contribution in [3.05, 3.63) is 77.2 Å². The van der Waals surface area contributed by atoms with Gasteiger partial charge in [0.2, 0.25) is 11.7 Å². The summed E-state index contributed by atoms with van der Waals surface area (Å²) in [5, 5.41) is 5.85. The van der Waals surface area contributed by atoms with E-state index in [0.717, 1.165) is 16.5 Å². The van der Waals surface area contributed by atoms with Gasteiger partial charge in [-0.25, -0.2) is 0 Å². The molecule has 3 aromatic rings. The Kier molecular flexibility index (Phi) is 4.22.